The molecule has 10 nitrogen and oxygen atoms in total. The van der Waals surface area contributed by atoms with Gasteiger partial charge in [-0.05, 0) is 25.8 Å². The van der Waals surface area contributed by atoms with Crippen molar-refractivity contribution in [2.24, 2.45) is 7.05 Å². The standard InChI is InChI=1S/C17H23N9O/c1-3-25-9-6-14(22-25)17(27)24-7-4-13(5-8-24)16-21-20-15(23(16)2)10-26-12-18-11-19-26/h6,9,11-13H,3-5,7-8,10H2,1-2H3. The molecule has 1 saturated heterocycles. The highest BCUT2D eigenvalue weighted by Crippen LogP contribution is 2.27. The molecule has 0 radical (unpaired) electrons. The summed E-state index contributed by atoms with van der Waals surface area (Å²) < 4.78 is 5.54. The normalized spacial score (nSPS) is 15.4. The van der Waals surface area contributed by atoms with E-state index in [-0.39, 0.29) is 5.91 Å². The van der Waals surface area contributed by atoms with Crippen molar-refractivity contribution in [2.45, 2.75) is 38.8 Å². The van der Waals surface area contributed by atoms with Crippen molar-refractivity contribution in [3.63, 3.8) is 0 Å². The molecule has 3 aromatic heterocycles. The zero-order valence-corrected chi connectivity index (χ0v) is 15.6. The summed E-state index contributed by atoms with van der Waals surface area (Å²) >= 11 is 0. The number of nitrogens with zero attached hydrogens (tertiary/aromatic N) is 9. The highest BCUT2D eigenvalue weighted by Gasteiger charge is 2.28. The quantitative estimate of drug-likeness (QED) is 0.656. The van der Waals surface area contributed by atoms with Gasteiger partial charge in [0.1, 0.15) is 30.7 Å². The molecule has 3 aromatic rings. The molecule has 142 valence electrons. The fourth-order valence-electron chi connectivity index (χ4n) is 3.48. The zero-order valence-electron chi connectivity index (χ0n) is 15.6. The Hall–Kier alpha value is -3.04. The van der Waals surface area contributed by atoms with E-state index in [0.29, 0.717) is 31.2 Å². The van der Waals surface area contributed by atoms with Gasteiger partial charge in [-0.3, -0.25) is 9.48 Å². The van der Waals surface area contributed by atoms with Crippen LogP contribution >= 0.6 is 0 Å². The van der Waals surface area contributed by atoms with Crippen molar-refractivity contribution in [2.75, 3.05) is 13.1 Å². The molecule has 10 heteroatoms. The van der Waals surface area contributed by atoms with Gasteiger partial charge in [0.05, 0.1) is 0 Å². The van der Waals surface area contributed by atoms with Crippen molar-refractivity contribution in [1.29, 1.82) is 0 Å². The molecule has 0 spiro atoms. The highest BCUT2D eigenvalue weighted by atomic mass is 16.2. The van der Waals surface area contributed by atoms with Crippen molar-refractivity contribution in [3.05, 3.63) is 42.3 Å². The molecular weight excluding hydrogens is 346 g/mol. The van der Waals surface area contributed by atoms with Gasteiger partial charge in [-0.15, -0.1) is 10.2 Å². The second kappa shape index (κ2) is 7.29. The predicted molar refractivity (Wildman–Crippen MR) is 95.9 cm³/mol. The average molecular weight is 369 g/mol. The Morgan fingerprint density at radius 1 is 1.22 bits per heavy atom. The lowest BCUT2D eigenvalue weighted by Gasteiger charge is -2.31. The first kappa shape index (κ1) is 17.4. The van der Waals surface area contributed by atoms with E-state index in [1.807, 2.05) is 29.6 Å². The van der Waals surface area contributed by atoms with Crippen LogP contribution in [-0.2, 0) is 20.1 Å². The van der Waals surface area contributed by atoms with Crippen LogP contribution in [0.5, 0.6) is 0 Å². The van der Waals surface area contributed by atoms with Crippen LogP contribution in [0, 0.1) is 0 Å². The van der Waals surface area contributed by atoms with Crippen molar-refractivity contribution >= 4 is 5.91 Å². The summed E-state index contributed by atoms with van der Waals surface area (Å²) in [5, 5.41) is 17.1. The minimum Gasteiger partial charge on any atom is -0.337 e. The van der Waals surface area contributed by atoms with Gasteiger partial charge in [-0.25, -0.2) is 9.67 Å². The maximum Gasteiger partial charge on any atom is 0.274 e. The van der Waals surface area contributed by atoms with Crippen LogP contribution in [0.4, 0.5) is 0 Å². The number of carbonyl (C=O) groups excluding carboxylic acids is 1. The number of aromatic nitrogens is 8. The molecule has 0 aromatic carbocycles. The minimum absolute atomic E-state index is 0.00508. The summed E-state index contributed by atoms with van der Waals surface area (Å²) in [5.74, 6) is 2.11. The number of likely N-dealkylation sites (tertiary alicyclic amines) is 1. The van der Waals surface area contributed by atoms with Crippen LogP contribution in [0.2, 0.25) is 0 Å². The van der Waals surface area contributed by atoms with Crippen LogP contribution in [0.25, 0.3) is 0 Å². The van der Waals surface area contributed by atoms with Gasteiger partial charge in [0, 0.05) is 38.8 Å². The highest BCUT2D eigenvalue weighted by molar-refractivity contribution is 5.92. The fraction of sp³-hybridized carbons (Fsp3) is 0.529. The van der Waals surface area contributed by atoms with Crippen LogP contribution in [0.3, 0.4) is 0 Å². The van der Waals surface area contributed by atoms with E-state index in [0.717, 1.165) is 31.0 Å². The lowest BCUT2D eigenvalue weighted by molar-refractivity contribution is 0.0703. The smallest absolute Gasteiger partial charge is 0.274 e. The van der Waals surface area contributed by atoms with Crippen molar-refractivity contribution < 1.29 is 4.79 Å². The number of amides is 1. The second-order valence-electron chi connectivity index (χ2n) is 6.75. The lowest BCUT2D eigenvalue weighted by Crippen LogP contribution is -2.38. The topological polar surface area (TPSA) is 99.5 Å². The molecule has 1 amide bonds. The van der Waals surface area contributed by atoms with Gasteiger partial charge in [-0.1, -0.05) is 0 Å². The summed E-state index contributed by atoms with van der Waals surface area (Å²) in [6, 6.07) is 1.79. The van der Waals surface area contributed by atoms with E-state index in [4.69, 9.17) is 0 Å². The molecular formula is C17H23N9O. The van der Waals surface area contributed by atoms with Gasteiger partial charge in [-0.2, -0.15) is 10.2 Å². The number of piperidine rings is 1. The molecule has 1 aliphatic heterocycles. The van der Waals surface area contributed by atoms with E-state index >= 15 is 0 Å². The van der Waals surface area contributed by atoms with Gasteiger partial charge < -0.3 is 9.47 Å². The number of hydrogen-bond donors (Lipinski definition) is 0. The molecule has 27 heavy (non-hydrogen) atoms. The summed E-state index contributed by atoms with van der Waals surface area (Å²) in [6.07, 6.45) is 6.76. The molecule has 0 atom stereocenters. The molecule has 0 N–H and O–H groups in total. The Morgan fingerprint density at radius 2 is 2.04 bits per heavy atom. The molecule has 1 fully saturated rings. The van der Waals surface area contributed by atoms with Gasteiger partial charge in [0.2, 0.25) is 0 Å². The first-order valence-corrected chi connectivity index (χ1v) is 9.19. The number of rotatable bonds is 5. The van der Waals surface area contributed by atoms with Crippen LogP contribution in [0.1, 0.15) is 47.8 Å². The summed E-state index contributed by atoms with van der Waals surface area (Å²) in [5.41, 5.74) is 0.518. The fourth-order valence-corrected chi connectivity index (χ4v) is 3.48. The predicted octanol–water partition coefficient (Wildman–Crippen LogP) is 0.691. The molecule has 0 saturated carbocycles. The van der Waals surface area contributed by atoms with Gasteiger partial charge >= 0.3 is 0 Å². The lowest BCUT2D eigenvalue weighted by atomic mass is 9.95. The van der Waals surface area contributed by atoms with E-state index in [1.54, 1.807) is 21.8 Å². The molecule has 0 aliphatic carbocycles. The second-order valence-corrected chi connectivity index (χ2v) is 6.75. The average Bonchev–Trinajstić information content (AvgIpc) is 3.44. The zero-order chi connectivity index (χ0) is 18.8. The van der Waals surface area contributed by atoms with Crippen LogP contribution in [0.15, 0.2) is 24.9 Å². The SMILES string of the molecule is CCn1ccc(C(=O)N2CCC(c3nnc(Cn4cncn4)n3C)CC2)n1. The third kappa shape index (κ3) is 3.46. The van der Waals surface area contributed by atoms with E-state index in [9.17, 15) is 4.79 Å². The summed E-state index contributed by atoms with van der Waals surface area (Å²) in [7, 11) is 1.98. The number of aryl methyl sites for hydroxylation is 1. The van der Waals surface area contributed by atoms with Gasteiger partial charge in [0.15, 0.2) is 5.82 Å². The minimum atomic E-state index is 0.00508. The molecule has 0 unspecified atom stereocenters. The first-order chi connectivity index (χ1) is 13.2. The number of hydrogen-bond acceptors (Lipinski definition) is 6. The maximum absolute atomic E-state index is 12.6. The molecule has 0 bridgehead atoms. The third-order valence-electron chi connectivity index (χ3n) is 5.10. The third-order valence-corrected chi connectivity index (χ3v) is 5.10. The summed E-state index contributed by atoms with van der Waals surface area (Å²) in [6.45, 7) is 4.71. The summed E-state index contributed by atoms with van der Waals surface area (Å²) in [4.78, 5) is 18.5. The van der Waals surface area contributed by atoms with Crippen LogP contribution in [-0.4, -0.2) is 63.2 Å². The van der Waals surface area contributed by atoms with Gasteiger partial charge in [0.25, 0.3) is 5.91 Å². The van der Waals surface area contributed by atoms with E-state index in [2.05, 4.69) is 25.4 Å². The largest absolute Gasteiger partial charge is 0.337 e. The molecule has 4 rings (SSSR count). The van der Waals surface area contributed by atoms with Crippen LogP contribution < -0.4 is 0 Å². The Labute approximate surface area is 156 Å². The monoisotopic (exact) mass is 369 g/mol. The van der Waals surface area contributed by atoms with Crippen molar-refractivity contribution in [3.8, 4) is 0 Å². The Kier molecular flexibility index (Phi) is 4.69. The molecule has 4 heterocycles. The van der Waals surface area contributed by atoms with E-state index in [1.165, 1.54) is 6.33 Å². The Morgan fingerprint density at radius 3 is 2.70 bits per heavy atom. The van der Waals surface area contributed by atoms with E-state index < -0.39 is 0 Å². The number of carbonyl (C=O) groups is 1. The Balaban J connectivity index is 1.39. The van der Waals surface area contributed by atoms with Crippen molar-refractivity contribution in [1.82, 2.24) is 44.2 Å². The maximum atomic E-state index is 12.6. The Bertz CT molecular complexity index is 903. The first-order valence-electron chi connectivity index (χ1n) is 9.19. The molecule has 1 aliphatic rings.